The van der Waals surface area contributed by atoms with E-state index in [0.717, 1.165) is 11.1 Å². The van der Waals surface area contributed by atoms with E-state index < -0.39 is 0 Å². The Hall–Kier alpha value is -1.90. The molecule has 0 aromatic carbocycles. The van der Waals surface area contributed by atoms with E-state index in [1.807, 2.05) is 12.1 Å². The van der Waals surface area contributed by atoms with Crippen molar-refractivity contribution >= 4 is 0 Å². The lowest BCUT2D eigenvalue weighted by Crippen LogP contribution is -1.80. The van der Waals surface area contributed by atoms with Gasteiger partial charge in [-0.15, -0.1) is 0 Å². The van der Waals surface area contributed by atoms with Gasteiger partial charge >= 0.3 is 0 Å². The minimum atomic E-state index is 0.176. The monoisotopic (exact) mass is 172 g/mol. The summed E-state index contributed by atoms with van der Waals surface area (Å²) in [5, 5.41) is 9.47. The average molecular weight is 172 g/mol. The molecule has 3 heteroatoms. The van der Waals surface area contributed by atoms with Crippen molar-refractivity contribution in [2.75, 3.05) is 0 Å². The summed E-state index contributed by atoms with van der Waals surface area (Å²) in [5.41, 5.74) is 1.64. The lowest BCUT2D eigenvalue weighted by atomic mass is 10.1. The Morgan fingerprint density at radius 1 is 1.00 bits per heavy atom. The molecule has 2 aromatic rings. The quantitative estimate of drug-likeness (QED) is 0.714. The van der Waals surface area contributed by atoms with Crippen LogP contribution in [0.1, 0.15) is 0 Å². The van der Waals surface area contributed by atoms with Crippen LogP contribution in [0.2, 0.25) is 0 Å². The first-order chi connectivity index (χ1) is 6.38. The highest BCUT2D eigenvalue weighted by Gasteiger charge is 2.01. The first-order valence-corrected chi connectivity index (χ1v) is 3.91. The third kappa shape index (κ3) is 1.49. The summed E-state index contributed by atoms with van der Waals surface area (Å²) < 4.78 is 0. The lowest BCUT2D eigenvalue weighted by molar-refractivity contribution is 0.474. The third-order valence-electron chi connectivity index (χ3n) is 1.77. The molecule has 2 heterocycles. The van der Waals surface area contributed by atoms with Gasteiger partial charge in [0.05, 0.1) is 6.20 Å². The molecule has 0 aliphatic heterocycles. The lowest BCUT2D eigenvalue weighted by Gasteiger charge is -2.01. The Morgan fingerprint density at radius 2 is 1.85 bits per heavy atom. The van der Waals surface area contributed by atoms with E-state index in [2.05, 4.69) is 9.97 Å². The zero-order chi connectivity index (χ0) is 9.10. The van der Waals surface area contributed by atoms with E-state index in [-0.39, 0.29) is 5.75 Å². The zero-order valence-corrected chi connectivity index (χ0v) is 6.88. The first kappa shape index (κ1) is 7.73. The van der Waals surface area contributed by atoms with Crippen LogP contribution >= 0.6 is 0 Å². The number of aromatic hydroxyl groups is 1. The van der Waals surface area contributed by atoms with Crippen molar-refractivity contribution in [1.29, 1.82) is 0 Å². The highest BCUT2D eigenvalue weighted by molar-refractivity contribution is 5.68. The molecule has 0 unspecified atom stereocenters. The molecular weight excluding hydrogens is 164 g/mol. The summed E-state index contributed by atoms with van der Waals surface area (Å²) in [4.78, 5) is 7.77. The molecule has 2 aromatic heterocycles. The van der Waals surface area contributed by atoms with Crippen molar-refractivity contribution in [3.8, 4) is 16.9 Å². The second kappa shape index (κ2) is 3.23. The van der Waals surface area contributed by atoms with Crippen LogP contribution < -0.4 is 0 Å². The maximum absolute atomic E-state index is 9.47. The van der Waals surface area contributed by atoms with Gasteiger partial charge < -0.3 is 5.11 Å². The van der Waals surface area contributed by atoms with Gasteiger partial charge in [-0.05, 0) is 12.1 Å². The van der Waals surface area contributed by atoms with Crippen molar-refractivity contribution < 1.29 is 5.11 Å². The molecule has 13 heavy (non-hydrogen) atoms. The second-order valence-corrected chi connectivity index (χ2v) is 2.63. The van der Waals surface area contributed by atoms with Crippen LogP contribution in [0.15, 0.2) is 43.0 Å². The molecule has 2 rings (SSSR count). The first-order valence-electron chi connectivity index (χ1n) is 3.91. The maximum Gasteiger partial charge on any atom is 0.141 e. The molecule has 0 amide bonds. The molecule has 0 saturated heterocycles. The summed E-state index contributed by atoms with van der Waals surface area (Å²) in [7, 11) is 0. The smallest absolute Gasteiger partial charge is 0.141 e. The normalized spacial score (nSPS) is 9.85. The van der Waals surface area contributed by atoms with Crippen LogP contribution in [-0.4, -0.2) is 15.1 Å². The van der Waals surface area contributed by atoms with Gasteiger partial charge in [-0.1, -0.05) is 6.07 Å². The number of aromatic nitrogens is 2. The van der Waals surface area contributed by atoms with Crippen molar-refractivity contribution in [2.24, 2.45) is 0 Å². The number of hydrogen-bond donors (Lipinski definition) is 1. The van der Waals surface area contributed by atoms with Crippen LogP contribution in [0.4, 0.5) is 0 Å². The number of pyridine rings is 2. The van der Waals surface area contributed by atoms with Crippen LogP contribution in [-0.2, 0) is 0 Å². The van der Waals surface area contributed by atoms with Gasteiger partial charge in [0.1, 0.15) is 5.75 Å². The summed E-state index contributed by atoms with van der Waals surface area (Å²) in [6, 6.07) is 5.48. The fourth-order valence-electron chi connectivity index (χ4n) is 1.15. The predicted octanol–water partition coefficient (Wildman–Crippen LogP) is 1.85. The highest BCUT2D eigenvalue weighted by atomic mass is 16.3. The van der Waals surface area contributed by atoms with Crippen molar-refractivity contribution in [3.63, 3.8) is 0 Å². The van der Waals surface area contributed by atoms with Gasteiger partial charge in [-0.25, -0.2) is 0 Å². The minimum Gasteiger partial charge on any atom is -0.506 e. The molecule has 0 atom stereocenters. The average Bonchev–Trinajstić information content (AvgIpc) is 2.20. The van der Waals surface area contributed by atoms with Gasteiger partial charge in [0.2, 0.25) is 0 Å². The molecule has 1 N–H and O–H groups in total. The summed E-state index contributed by atoms with van der Waals surface area (Å²) in [6.07, 6.45) is 6.46. The van der Waals surface area contributed by atoms with E-state index in [4.69, 9.17) is 0 Å². The zero-order valence-electron chi connectivity index (χ0n) is 6.88. The van der Waals surface area contributed by atoms with Crippen LogP contribution in [0, 0.1) is 0 Å². The number of nitrogens with zero attached hydrogens (tertiary/aromatic N) is 2. The molecule has 0 spiro atoms. The molecular formula is C10H8N2O. The van der Waals surface area contributed by atoms with Crippen LogP contribution in [0.5, 0.6) is 5.75 Å². The summed E-state index contributed by atoms with van der Waals surface area (Å²) in [5.74, 6) is 0.176. The van der Waals surface area contributed by atoms with Gasteiger partial charge in [0, 0.05) is 29.7 Å². The maximum atomic E-state index is 9.47. The molecule has 3 nitrogen and oxygen atoms in total. The fraction of sp³-hybridized carbons (Fsp3) is 0. The van der Waals surface area contributed by atoms with Crippen molar-refractivity contribution in [2.45, 2.75) is 0 Å². The van der Waals surface area contributed by atoms with Gasteiger partial charge in [0.15, 0.2) is 0 Å². The third-order valence-corrected chi connectivity index (χ3v) is 1.77. The highest BCUT2D eigenvalue weighted by Crippen LogP contribution is 2.26. The number of rotatable bonds is 1. The Bertz CT molecular complexity index is 401. The Balaban J connectivity index is 2.54. The van der Waals surface area contributed by atoms with E-state index in [9.17, 15) is 5.11 Å². The van der Waals surface area contributed by atoms with E-state index in [1.165, 1.54) is 6.20 Å². The molecule has 0 fully saturated rings. The second-order valence-electron chi connectivity index (χ2n) is 2.63. The molecule has 0 aliphatic rings. The van der Waals surface area contributed by atoms with Gasteiger partial charge in [-0.3, -0.25) is 9.97 Å². The topological polar surface area (TPSA) is 46.0 Å². The fourth-order valence-corrected chi connectivity index (χ4v) is 1.15. The SMILES string of the molecule is Oc1cnccc1-c1cccnc1. The van der Waals surface area contributed by atoms with E-state index in [0.29, 0.717) is 0 Å². The van der Waals surface area contributed by atoms with Gasteiger partial charge in [-0.2, -0.15) is 0 Å². The largest absolute Gasteiger partial charge is 0.506 e. The molecule has 0 saturated carbocycles. The Kier molecular flexibility index (Phi) is 1.92. The minimum absolute atomic E-state index is 0.176. The molecule has 0 radical (unpaired) electrons. The Labute approximate surface area is 75.7 Å². The van der Waals surface area contributed by atoms with E-state index >= 15 is 0 Å². The van der Waals surface area contributed by atoms with Crippen molar-refractivity contribution in [3.05, 3.63) is 43.0 Å². The molecule has 0 aliphatic carbocycles. The molecule has 64 valence electrons. The van der Waals surface area contributed by atoms with Crippen molar-refractivity contribution in [1.82, 2.24) is 9.97 Å². The molecule has 0 bridgehead atoms. The standard InChI is InChI=1S/C10H8N2O/c13-10-7-12-5-3-9(10)8-2-1-4-11-6-8/h1-7,13H. The van der Waals surface area contributed by atoms with Gasteiger partial charge in [0.25, 0.3) is 0 Å². The Morgan fingerprint density at radius 3 is 2.54 bits per heavy atom. The summed E-state index contributed by atoms with van der Waals surface area (Å²) in [6.45, 7) is 0. The van der Waals surface area contributed by atoms with Crippen LogP contribution in [0.3, 0.4) is 0 Å². The number of hydrogen-bond acceptors (Lipinski definition) is 3. The predicted molar refractivity (Wildman–Crippen MR) is 49.1 cm³/mol. The van der Waals surface area contributed by atoms with Crippen LogP contribution in [0.25, 0.3) is 11.1 Å². The van der Waals surface area contributed by atoms with E-state index in [1.54, 1.807) is 24.7 Å². The summed E-state index contributed by atoms with van der Waals surface area (Å²) >= 11 is 0.